The Kier molecular flexibility index (Phi) is 2.28. The molecule has 0 aromatic heterocycles. The predicted octanol–water partition coefficient (Wildman–Crippen LogP) is 2.12. The minimum absolute atomic E-state index is 0.124. The standard InChI is InChI=1S/C12H11F2NO2/c13-12(14)17-9-5-7-1-2-10(16)15-4-3-8(6-9)11(7)15/h5-6,12H,1-4H2. The van der Waals surface area contributed by atoms with E-state index in [4.69, 9.17) is 0 Å². The van der Waals surface area contributed by atoms with Gasteiger partial charge in [-0.2, -0.15) is 8.78 Å². The molecule has 0 spiro atoms. The largest absolute Gasteiger partial charge is 0.435 e. The SMILES string of the molecule is O=C1CCc2cc(OC(F)F)cc3c2N1CC3. The maximum Gasteiger partial charge on any atom is 0.387 e. The zero-order valence-electron chi connectivity index (χ0n) is 9.08. The van der Waals surface area contributed by atoms with E-state index >= 15 is 0 Å². The first-order valence-electron chi connectivity index (χ1n) is 5.56. The fourth-order valence-corrected chi connectivity index (χ4v) is 2.60. The van der Waals surface area contributed by atoms with Crippen LogP contribution in [0.15, 0.2) is 12.1 Å². The lowest BCUT2D eigenvalue weighted by molar-refractivity contribution is -0.118. The number of benzene rings is 1. The minimum atomic E-state index is -2.80. The van der Waals surface area contributed by atoms with E-state index in [0.717, 1.165) is 16.8 Å². The monoisotopic (exact) mass is 239 g/mol. The van der Waals surface area contributed by atoms with Gasteiger partial charge in [-0.15, -0.1) is 0 Å². The number of rotatable bonds is 2. The van der Waals surface area contributed by atoms with Crippen molar-refractivity contribution in [1.29, 1.82) is 0 Å². The number of hydrogen-bond donors (Lipinski definition) is 0. The molecule has 1 amide bonds. The number of alkyl halides is 2. The fraction of sp³-hybridized carbons (Fsp3) is 0.417. The molecule has 90 valence electrons. The van der Waals surface area contributed by atoms with Crippen LogP contribution in [0.25, 0.3) is 0 Å². The van der Waals surface area contributed by atoms with Crippen LogP contribution in [0.3, 0.4) is 0 Å². The van der Waals surface area contributed by atoms with E-state index in [1.165, 1.54) is 0 Å². The number of carbonyl (C=O) groups is 1. The molecule has 0 fully saturated rings. The molecule has 1 aromatic carbocycles. The number of halogens is 2. The molecule has 0 radical (unpaired) electrons. The number of hydrogen-bond acceptors (Lipinski definition) is 2. The van der Waals surface area contributed by atoms with E-state index in [0.29, 0.717) is 25.8 Å². The summed E-state index contributed by atoms with van der Waals surface area (Å²) in [5.74, 6) is 0.323. The van der Waals surface area contributed by atoms with Gasteiger partial charge in [0.15, 0.2) is 0 Å². The summed E-state index contributed by atoms with van der Waals surface area (Å²) in [6.45, 7) is -2.15. The summed E-state index contributed by atoms with van der Waals surface area (Å²) in [4.78, 5) is 13.4. The molecular formula is C12H11F2NO2. The van der Waals surface area contributed by atoms with Crippen LogP contribution in [0.5, 0.6) is 5.75 Å². The van der Waals surface area contributed by atoms with Crippen LogP contribution >= 0.6 is 0 Å². The number of amides is 1. The Morgan fingerprint density at radius 1 is 1.18 bits per heavy atom. The van der Waals surface area contributed by atoms with E-state index in [9.17, 15) is 13.6 Å². The van der Waals surface area contributed by atoms with Crippen molar-refractivity contribution in [2.75, 3.05) is 11.4 Å². The van der Waals surface area contributed by atoms with Gasteiger partial charge in [0.25, 0.3) is 0 Å². The second-order valence-corrected chi connectivity index (χ2v) is 4.26. The molecule has 0 saturated carbocycles. The molecule has 1 aromatic rings. The summed E-state index contributed by atoms with van der Waals surface area (Å²) >= 11 is 0. The number of nitrogens with zero attached hydrogens (tertiary/aromatic N) is 1. The lowest BCUT2D eigenvalue weighted by atomic mass is 9.99. The third-order valence-corrected chi connectivity index (χ3v) is 3.25. The zero-order valence-corrected chi connectivity index (χ0v) is 9.08. The molecule has 2 heterocycles. The van der Waals surface area contributed by atoms with Crippen molar-refractivity contribution in [3.8, 4) is 5.75 Å². The van der Waals surface area contributed by atoms with Gasteiger partial charge >= 0.3 is 6.61 Å². The van der Waals surface area contributed by atoms with Crippen LogP contribution in [0.2, 0.25) is 0 Å². The van der Waals surface area contributed by atoms with Crippen molar-refractivity contribution in [1.82, 2.24) is 0 Å². The summed E-state index contributed by atoms with van der Waals surface area (Å²) in [6, 6.07) is 3.24. The van der Waals surface area contributed by atoms with Crippen LogP contribution in [0.4, 0.5) is 14.5 Å². The second-order valence-electron chi connectivity index (χ2n) is 4.26. The van der Waals surface area contributed by atoms with E-state index in [2.05, 4.69) is 4.74 Å². The van der Waals surface area contributed by atoms with E-state index in [-0.39, 0.29) is 11.7 Å². The van der Waals surface area contributed by atoms with Gasteiger partial charge in [-0.1, -0.05) is 0 Å². The van der Waals surface area contributed by atoms with E-state index < -0.39 is 6.61 Å². The highest BCUT2D eigenvalue weighted by Crippen LogP contribution is 2.39. The van der Waals surface area contributed by atoms with Crippen molar-refractivity contribution in [3.05, 3.63) is 23.3 Å². The van der Waals surface area contributed by atoms with Crippen molar-refractivity contribution in [2.45, 2.75) is 25.9 Å². The second kappa shape index (κ2) is 3.68. The van der Waals surface area contributed by atoms with Crippen LogP contribution in [0, 0.1) is 0 Å². The van der Waals surface area contributed by atoms with Crippen molar-refractivity contribution < 1.29 is 18.3 Å². The summed E-state index contributed by atoms with van der Waals surface area (Å²) in [7, 11) is 0. The predicted molar refractivity (Wildman–Crippen MR) is 57.5 cm³/mol. The number of carbonyl (C=O) groups excluding carboxylic acids is 1. The van der Waals surface area contributed by atoms with E-state index in [1.54, 1.807) is 17.0 Å². The lowest BCUT2D eigenvalue weighted by Gasteiger charge is -2.25. The number of aryl methyl sites for hydroxylation is 1. The molecule has 0 aliphatic carbocycles. The highest BCUT2D eigenvalue weighted by Gasteiger charge is 2.31. The molecule has 0 bridgehead atoms. The highest BCUT2D eigenvalue weighted by atomic mass is 19.3. The van der Waals surface area contributed by atoms with Gasteiger partial charge < -0.3 is 9.64 Å². The Morgan fingerprint density at radius 3 is 2.59 bits per heavy atom. The maximum absolute atomic E-state index is 12.2. The summed E-state index contributed by atoms with van der Waals surface area (Å²) in [6.07, 6.45) is 1.77. The topological polar surface area (TPSA) is 29.5 Å². The average Bonchev–Trinajstić information content (AvgIpc) is 2.68. The Hall–Kier alpha value is -1.65. The summed E-state index contributed by atoms with van der Waals surface area (Å²) < 4.78 is 28.8. The van der Waals surface area contributed by atoms with E-state index in [1.807, 2.05) is 0 Å². The van der Waals surface area contributed by atoms with Crippen LogP contribution in [-0.2, 0) is 17.6 Å². The highest BCUT2D eigenvalue weighted by molar-refractivity contribution is 5.98. The molecule has 0 N–H and O–H groups in total. The van der Waals surface area contributed by atoms with Gasteiger partial charge in [-0.05, 0) is 36.1 Å². The first-order valence-corrected chi connectivity index (χ1v) is 5.56. The van der Waals surface area contributed by atoms with Gasteiger partial charge in [-0.3, -0.25) is 4.79 Å². The van der Waals surface area contributed by atoms with Crippen molar-refractivity contribution >= 4 is 11.6 Å². The third kappa shape index (κ3) is 1.66. The van der Waals surface area contributed by atoms with Gasteiger partial charge in [0.1, 0.15) is 5.75 Å². The average molecular weight is 239 g/mol. The van der Waals surface area contributed by atoms with Gasteiger partial charge in [0, 0.05) is 13.0 Å². The Bertz CT molecular complexity index is 488. The van der Waals surface area contributed by atoms with Gasteiger partial charge in [-0.25, -0.2) is 0 Å². The maximum atomic E-state index is 12.2. The smallest absolute Gasteiger partial charge is 0.387 e. The molecule has 17 heavy (non-hydrogen) atoms. The molecular weight excluding hydrogens is 228 g/mol. The quantitative estimate of drug-likeness (QED) is 0.791. The number of ether oxygens (including phenoxy) is 1. The molecule has 3 nitrogen and oxygen atoms in total. The van der Waals surface area contributed by atoms with Gasteiger partial charge in [0.2, 0.25) is 5.91 Å². The Labute approximate surface area is 97.0 Å². The molecule has 2 aliphatic heterocycles. The summed E-state index contributed by atoms with van der Waals surface area (Å²) in [5.41, 5.74) is 2.80. The molecule has 3 rings (SSSR count). The molecule has 5 heteroatoms. The molecule has 0 saturated heterocycles. The Morgan fingerprint density at radius 2 is 1.88 bits per heavy atom. The normalized spacial score (nSPS) is 17.6. The van der Waals surface area contributed by atoms with Crippen LogP contribution < -0.4 is 9.64 Å². The molecule has 2 aliphatic rings. The minimum Gasteiger partial charge on any atom is -0.435 e. The van der Waals surface area contributed by atoms with Gasteiger partial charge in [0.05, 0.1) is 5.69 Å². The lowest BCUT2D eigenvalue weighted by Crippen LogP contribution is -2.32. The third-order valence-electron chi connectivity index (χ3n) is 3.25. The first kappa shape index (κ1) is 10.5. The van der Waals surface area contributed by atoms with Crippen LogP contribution in [-0.4, -0.2) is 19.1 Å². The molecule has 0 unspecified atom stereocenters. The van der Waals surface area contributed by atoms with Crippen LogP contribution in [0.1, 0.15) is 17.5 Å². The first-order chi connectivity index (χ1) is 8.15. The fourth-order valence-electron chi connectivity index (χ4n) is 2.60. The van der Waals surface area contributed by atoms with Crippen molar-refractivity contribution in [2.24, 2.45) is 0 Å². The zero-order chi connectivity index (χ0) is 12.0. The summed E-state index contributed by atoms with van der Waals surface area (Å²) in [5, 5.41) is 0. The number of anilines is 1. The molecule has 0 atom stereocenters. The van der Waals surface area contributed by atoms with Crippen molar-refractivity contribution in [3.63, 3.8) is 0 Å². The Balaban J connectivity index is 2.04.